The van der Waals surface area contributed by atoms with Crippen LogP contribution in [-0.2, 0) is 9.59 Å². The minimum Gasteiger partial charge on any atom is -0.508 e. The molecule has 0 saturated carbocycles. The standard InChI is InChI=1S/C9H16O4.C6H6O2/c10-8(11)6-4-2-1-3-5-7-9(12)13;7-5-2-1-3-6(8)4-5/h1-7H2,(H,10,11)(H,12,13);1-4,7-8H. The van der Waals surface area contributed by atoms with Gasteiger partial charge in [-0.15, -0.1) is 0 Å². The van der Waals surface area contributed by atoms with E-state index in [1.165, 1.54) is 18.2 Å². The molecule has 6 nitrogen and oxygen atoms in total. The summed E-state index contributed by atoms with van der Waals surface area (Å²) in [5.74, 6) is -1.34. The van der Waals surface area contributed by atoms with Crippen molar-refractivity contribution in [1.29, 1.82) is 0 Å². The molecule has 118 valence electrons. The molecule has 0 aliphatic rings. The van der Waals surface area contributed by atoms with Crippen LogP contribution in [0.3, 0.4) is 0 Å². The number of aromatic hydroxyl groups is 2. The van der Waals surface area contributed by atoms with Crippen molar-refractivity contribution >= 4 is 11.9 Å². The zero-order valence-corrected chi connectivity index (χ0v) is 11.9. The third kappa shape index (κ3) is 14.0. The maximum Gasteiger partial charge on any atom is 0.303 e. The first-order valence-corrected chi connectivity index (χ1v) is 6.83. The summed E-state index contributed by atoms with van der Waals surface area (Å²) in [6.07, 6.45) is 4.53. The van der Waals surface area contributed by atoms with Gasteiger partial charge in [0.1, 0.15) is 11.5 Å². The number of phenolic OH excluding ortho intramolecular Hbond substituents is 2. The summed E-state index contributed by atoms with van der Waals surface area (Å²) in [6, 6.07) is 5.85. The molecule has 1 aromatic rings. The maximum absolute atomic E-state index is 10.1. The molecule has 0 amide bonds. The normalized spacial score (nSPS) is 9.52. The largest absolute Gasteiger partial charge is 0.508 e. The number of hydrogen-bond donors (Lipinski definition) is 4. The van der Waals surface area contributed by atoms with E-state index in [1.54, 1.807) is 6.07 Å². The van der Waals surface area contributed by atoms with Crippen LogP contribution in [0.15, 0.2) is 24.3 Å². The molecule has 0 radical (unpaired) electrons. The molecule has 0 fully saturated rings. The number of phenols is 2. The average molecular weight is 298 g/mol. The van der Waals surface area contributed by atoms with Gasteiger partial charge in [-0.3, -0.25) is 9.59 Å². The third-order valence-corrected chi connectivity index (χ3v) is 2.61. The molecule has 0 aliphatic carbocycles. The van der Waals surface area contributed by atoms with E-state index in [2.05, 4.69) is 0 Å². The van der Waals surface area contributed by atoms with Crippen LogP contribution in [0, 0.1) is 0 Å². The summed E-state index contributed by atoms with van der Waals surface area (Å²) >= 11 is 0. The van der Waals surface area contributed by atoms with Crippen LogP contribution in [0.25, 0.3) is 0 Å². The predicted molar refractivity (Wildman–Crippen MR) is 77.4 cm³/mol. The van der Waals surface area contributed by atoms with Crippen molar-refractivity contribution in [2.45, 2.75) is 44.9 Å². The highest BCUT2D eigenvalue weighted by Crippen LogP contribution is 2.14. The van der Waals surface area contributed by atoms with E-state index in [1.807, 2.05) is 0 Å². The fourth-order valence-corrected chi connectivity index (χ4v) is 1.58. The number of rotatable bonds is 8. The van der Waals surface area contributed by atoms with Crippen LogP contribution in [-0.4, -0.2) is 32.4 Å². The van der Waals surface area contributed by atoms with Crippen molar-refractivity contribution in [2.75, 3.05) is 0 Å². The van der Waals surface area contributed by atoms with E-state index < -0.39 is 11.9 Å². The quantitative estimate of drug-likeness (QED) is 0.548. The molecule has 0 unspecified atom stereocenters. The topological polar surface area (TPSA) is 115 Å². The van der Waals surface area contributed by atoms with Crippen LogP contribution in [0.1, 0.15) is 44.9 Å². The lowest BCUT2D eigenvalue weighted by Gasteiger charge is -1.97. The van der Waals surface area contributed by atoms with Gasteiger partial charge in [-0.25, -0.2) is 0 Å². The number of carbonyl (C=O) groups is 2. The van der Waals surface area contributed by atoms with Gasteiger partial charge in [0.2, 0.25) is 0 Å². The highest BCUT2D eigenvalue weighted by Gasteiger charge is 1.98. The van der Waals surface area contributed by atoms with Crippen LogP contribution in [0.4, 0.5) is 0 Å². The molecule has 1 rings (SSSR count). The fourth-order valence-electron chi connectivity index (χ4n) is 1.58. The van der Waals surface area contributed by atoms with E-state index >= 15 is 0 Å². The minimum absolute atomic E-state index is 0.0880. The molecule has 4 N–H and O–H groups in total. The number of carboxylic acid groups (broad SMARTS) is 2. The second kappa shape index (κ2) is 11.6. The second-order valence-electron chi connectivity index (χ2n) is 4.58. The lowest BCUT2D eigenvalue weighted by molar-refractivity contribution is -0.138. The van der Waals surface area contributed by atoms with Crippen LogP contribution in [0.5, 0.6) is 11.5 Å². The molecule has 0 atom stereocenters. The van der Waals surface area contributed by atoms with E-state index in [0.29, 0.717) is 12.8 Å². The van der Waals surface area contributed by atoms with Gasteiger partial charge in [0.25, 0.3) is 0 Å². The Morgan fingerprint density at radius 3 is 1.43 bits per heavy atom. The molecule has 0 aromatic heterocycles. The molecule has 0 aliphatic heterocycles. The van der Waals surface area contributed by atoms with Gasteiger partial charge in [0.15, 0.2) is 0 Å². The Hall–Kier alpha value is -2.24. The van der Waals surface area contributed by atoms with E-state index in [4.69, 9.17) is 20.4 Å². The Kier molecular flexibility index (Phi) is 10.3. The predicted octanol–water partition coefficient (Wildman–Crippen LogP) is 2.98. The maximum atomic E-state index is 10.1. The molecule has 6 heteroatoms. The van der Waals surface area contributed by atoms with Crippen molar-refractivity contribution in [2.24, 2.45) is 0 Å². The molecule has 0 saturated heterocycles. The molecule has 0 spiro atoms. The summed E-state index contributed by atoms with van der Waals surface area (Å²) in [5.41, 5.74) is 0. The van der Waals surface area contributed by atoms with Gasteiger partial charge in [-0.2, -0.15) is 0 Å². The number of benzene rings is 1. The zero-order valence-electron chi connectivity index (χ0n) is 11.9. The van der Waals surface area contributed by atoms with Gasteiger partial charge in [-0.1, -0.05) is 25.3 Å². The first-order valence-electron chi connectivity index (χ1n) is 6.83. The van der Waals surface area contributed by atoms with Gasteiger partial charge >= 0.3 is 11.9 Å². The van der Waals surface area contributed by atoms with Gasteiger partial charge in [0.05, 0.1) is 0 Å². The minimum atomic E-state index is -0.759. The number of aliphatic carboxylic acids is 2. The molecule has 0 heterocycles. The van der Waals surface area contributed by atoms with Gasteiger partial charge in [-0.05, 0) is 25.0 Å². The summed E-state index contributed by atoms with van der Waals surface area (Å²) in [5, 5.41) is 33.9. The molecule has 21 heavy (non-hydrogen) atoms. The summed E-state index contributed by atoms with van der Waals surface area (Å²) < 4.78 is 0. The van der Waals surface area contributed by atoms with Crippen molar-refractivity contribution in [3.63, 3.8) is 0 Å². The molecular formula is C15H22O6. The first kappa shape index (κ1) is 18.8. The lowest BCUT2D eigenvalue weighted by atomic mass is 10.1. The van der Waals surface area contributed by atoms with Crippen molar-refractivity contribution < 1.29 is 30.0 Å². The van der Waals surface area contributed by atoms with Crippen molar-refractivity contribution in [3.8, 4) is 11.5 Å². The van der Waals surface area contributed by atoms with E-state index in [-0.39, 0.29) is 24.3 Å². The Balaban J connectivity index is 0.000000423. The second-order valence-corrected chi connectivity index (χ2v) is 4.58. The van der Waals surface area contributed by atoms with Gasteiger partial charge < -0.3 is 20.4 Å². The third-order valence-electron chi connectivity index (χ3n) is 2.61. The Morgan fingerprint density at radius 2 is 1.14 bits per heavy atom. The summed E-state index contributed by atoms with van der Waals surface area (Å²) in [6.45, 7) is 0. The zero-order chi connectivity index (χ0) is 16.1. The molecular weight excluding hydrogens is 276 g/mol. The SMILES string of the molecule is O=C(O)CCCCCCCC(=O)O.Oc1cccc(O)c1. The van der Waals surface area contributed by atoms with Crippen LogP contribution < -0.4 is 0 Å². The first-order chi connectivity index (χ1) is 9.91. The van der Waals surface area contributed by atoms with Crippen LogP contribution >= 0.6 is 0 Å². The average Bonchev–Trinajstić information content (AvgIpc) is 2.37. The summed E-state index contributed by atoms with van der Waals surface area (Å²) in [7, 11) is 0. The van der Waals surface area contributed by atoms with E-state index in [0.717, 1.165) is 19.3 Å². The van der Waals surface area contributed by atoms with Gasteiger partial charge in [0, 0.05) is 18.9 Å². The smallest absolute Gasteiger partial charge is 0.303 e. The number of hydrogen-bond acceptors (Lipinski definition) is 4. The fraction of sp³-hybridized carbons (Fsp3) is 0.467. The Bertz CT molecular complexity index is 395. The van der Waals surface area contributed by atoms with Crippen LogP contribution in [0.2, 0.25) is 0 Å². The number of unbranched alkanes of at least 4 members (excludes halogenated alkanes) is 4. The Labute approximate surface area is 123 Å². The van der Waals surface area contributed by atoms with E-state index in [9.17, 15) is 9.59 Å². The highest BCUT2D eigenvalue weighted by molar-refractivity contribution is 5.66. The Morgan fingerprint density at radius 1 is 0.762 bits per heavy atom. The number of carboxylic acids is 2. The van der Waals surface area contributed by atoms with Crippen molar-refractivity contribution in [3.05, 3.63) is 24.3 Å². The monoisotopic (exact) mass is 298 g/mol. The van der Waals surface area contributed by atoms with Crippen molar-refractivity contribution in [1.82, 2.24) is 0 Å². The molecule has 0 bridgehead atoms. The molecule has 1 aromatic carbocycles. The lowest BCUT2D eigenvalue weighted by Crippen LogP contribution is -1.95. The highest BCUT2D eigenvalue weighted by atomic mass is 16.4. The summed E-state index contributed by atoms with van der Waals surface area (Å²) in [4.78, 5) is 20.2.